The van der Waals surface area contributed by atoms with E-state index >= 15 is 0 Å². The molecule has 0 aliphatic carbocycles. The summed E-state index contributed by atoms with van der Waals surface area (Å²) in [6.07, 6.45) is -0.0256. The summed E-state index contributed by atoms with van der Waals surface area (Å²) in [5.41, 5.74) is -0.621. The van der Waals surface area contributed by atoms with Crippen LogP contribution in [0.25, 0.3) is 22.0 Å². The van der Waals surface area contributed by atoms with E-state index in [0.717, 1.165) is 18.6 Å². The van der Waals surface area contributed by atoms with Crippen molar-refractivity contribution in [1.29, 1.82) is 0 Å². The van der Waals surface area contributed by atoms with Crippen LogP contribution in [0.15, 0.2) is 36.7 Å². The van der Waals surface area contributed by atoms with Crippen molar-refractivity contribution in [2.75, 3.05) is 18.9 Å². The number of anilines is 1. The smallest absolute Gasteiger partial charge is 0.416 e. The number of carbonyl (C=O) groups excluding carboxylic acids is 1. The lowest BCUT2D eigenvalue weighted by molar-refractivity contribution is -0.137. The van der Waals surface area contributed by atoms with Gasteiger partial charge in [-0.2, -0.15) is 13.2 Å². The van der Waals surface area contributed by atoms with Crippen molar-refractivity contribution in [3.05, 3.63) is 42.2 Å². The van der Waals surface area contributed by atoms with Gasteiger partial charge >= 0.3 is 6.18 Å². The Morgan fingerprint density at radius 3 is 2.73 bits per heavy atom. The molecule has 1 atom stereocenters. The van der Waals surface area contributed by atoms with E-state index in [1.807, 2.05) is 0 Å². The summed E-state index contributed by atoms with van der Waals surface area (Å²) in [4.78, 5) is 18.1. The molecule has 0 spiro atoms. The van der Waals surface area contributed by atoms with E-state index in [4.69, 9.17) is 0 Å². The number of hydrogen-bond donors (Lipinski definition) is 2. The second-order valence-electron chi connectivity index (χ2n) is 7.15. The molecule has 0 unspecified atom stereocenters. The number of fused-ring (bicyclic) bond motifs is 1. The molecule has 3 aromatic rings. The summed E-state index contributed by atoms with van der Waals surface area (Å²) >= 11 is 0. The zero-order valence-corrected chi connectivity index (χ0v) is 15.9. The standard InChI is InChI=1S/C20H18F3N5O2/c1-28-8-2-3-15(19(28)30)25-18-14-10-24-7-6-12(14)17(26-27-18)13-5-4-11(9-16(13)29)20(21,22)23/h4-7,9-10,15,29H,2-3,8H2,1H3,(H,25,27)/t15-/m0/s1. The third kappa shape index (κ3) is 3.60. The number of nitrogens with zero attached hydrogens (tertiary/aromatic N) is 4. The molecular weight excluding hydrogens is 399 g/mol. The molecule has 0 radical (unpaired) electrons. The molecular formula is C20H18F3N5O2. The molecule has 7 nitrogen and oxygen atoms in total. The van der Waals surface area contributed by atoms with E-state index in [1.54, 1.807) is 18.0 Å². The normalized spacial score (nSPS) is 17.4. The van der Waals surface area contributed by atoms with Crippen LogP contribution >= 0.6 is 0 Å². The molecule has 2 N–H and O–H groups in total. The van der Waals surface area contributed by atoms with Gasteiger partial charge in [-0.05, 0) is 37.1 Å². The highest BCUT2D eigenvalue weighted by atomic mass is 19.4. The summed E-state index contributed by atoms with van der Waals surface area (Å²) in [6.45, 7) is 0.692. The van der Waals surface area contributed by atoms with Crippen LogP contribution in [0.2, 0.25) is 0 Å². The number of halogens is 3. The number of phenolic OH excluding ortho intramolecular Hbond substituents is 1. The topological polar surface area (TPSA) is 91.2 Å². The zero-order valence-electron chi connectivity index (χ0n) is 15.9. The van der Waals surface area contributed by atoms with Crippen LogP contribution in [-0.4, -0.2) is 50.7 Å². The minimum absolute atomic E-state index is 0.0513. The fourth-order valence-electron chi connectivity index (χ4n) is 3.54. The van der Waals surface area contributed by atoms with Gasteiger partial charge in [-0.25, -0.2) is 0 Å². The van der Waals surface area contributed by atoms with Crippen molar-refractivity contribution in [1.82, 2.24) is 20.1 Å². The molecule has 1 aliphatic heterocycles. The second kappa shape index (κ2) is 7.43. The first kappa shape index (κ1) is 19.9. The van der Waals surface area contributed by atoms with Crippen LogP contribution in [0, 0.1) is 0 Å². The third-order valence-corrected chi connectivity index (χ3v) is 5.13. The molecule has 0 saturated carbocycles. The molecule has 4 rings (SSSR count). The molecule has 10 heteroatoms. The predicted octanol–water partition coefficient (Wildman–Crippen LogP) is 3.45. The summed E-state index contributed by atoms with van der Waals surface area (Å²) in [7, 11) is 1.73. The Hall–Kier alpha value is -3.43. The van der Waals surface area contributed by atoms with Crippen LogP contribution in [0.3, 0.4) is 0 Å². The largest absolute Gasteiger partial charge is 0.507 e. The Balaban J connectivity index is 1.76. The Bertz CT molecular complexity index is 1120. The maximum absolute atomic E-state index is 12.9. The van der Waals surface area contributed by atoms with Gasteiger partial charge in [-0.3, -0.25) is 9.78 Å². The number of hydrogen-bond acceptors (Lipinski definition) is 6. The van der Waals surface area contributed by atoms with Gasteiger partial charge in [-0.15, -0.1) is 10.2 Å². The lowest BCUT2D eigenvalue weighted by Crippen LogP contribution is -2.45. The Kier molecular flexibility index (Phi) is 4.92. The third-order valence-electron chi connectivity index (χ3n) is 5.13. The highest BCUT2D eigenvalue weighted by Gasteiger charge is 2.32. The summed E-state index contributed by atoms with van der Waals surface area (Å²) in [6, 6.07) is 3.89. The number of rotatable bonds is 3. The molecule has 156 valence electrons. The number of phenols is 1. The van der Waals surface area contributed by atoms with Gasteiger partial charge in [0.15, 0.2) is 5.82 Å². The molecule has 2 aromatic heterocycles. The molecule has 1 fully saturated rings. The van der Waals surface area contributed by atoms with E-state index in [-0.39, 0.29) is 17.2 Å². The quantitative estimate of drug-likeness (QED) is 0.678. The van der Waals surface area contributed by atoms with E-state index < -0.39 is 23.5 Å². The fraction of sp³-hybridized carbons (Fsp3) is 0.300. The Morgan fingerprint density at radius 2 is 2.00 bits per heavy atom. The number of benzene rings is 1. The lowest BCUT2D eigenvalue weighted by Gasteiger charge is -2.30. The monoisotopic (exact) mass is 417 g/mol. The molecule has 0 bridgehead atoms. The van der Waals surface area contributed by atoms with Crippen LogP contribution < -0.4 is 5.32 Å². The zero-order chi connectivity index (χ0) is 21.5. The summed E-state index contributed by atoms with van der Waals surface area (Å²) in [5.74, 6) is -0.256. The van der Waals surface area contributed by atoms with Gasteiger partial charge in [0.1, 0.15) is 17.5 Å². The highest BCUT2D eigenvalue weighted by Crippen LogP contribution is 2.38. The average molecular weight is 417 g/mol. The van der Waals surface area contributed by atoms with Crippen LogP contribution in [-0.2, 0) is 11.0 Å². The van der Waals surface area contributed by atoms with Crippen LogP contribution in [0.5, 0.6) is 5.75 Å². The predicted molar refractivity (Wildman–Crippen MR) is 104 cm³/mol. The van der Waals surface area contributed by atoms with Gasteiger partial charge in [-0.1, -0.05) is 0 Å². The average Bonchev–Trinajstić information content (AvgIpc) is 2.71. The number of piperidine rings is 1. The number of aromatic nitrogens is 3. The minimum Gasteiger partial charge on any atom is -0.507 e. The lowest BCUT2D eigenvalue weighted by atomic mass is 10.0. The van der Waals surface area contributed by atoms with Crippen molar-refractivity contribution in [2.24, 2.45) is 0 Å². The van der Waals surface area contributed by atoms with Crippen LogP contribution in [0.1, 0.15) is 18.4 Å². The number of amides is 1. The number of likely N-dealkylation sites (tertiary alicyclic amines) is 1. The van der Waals surface area contributed by atoms with Crippen molar-refractivity contribution in [3.8, 4) is 17.0 Å². The van der Waals surface area contributed by atoms with Gasteiger partial charge in [0, 0.05) is 42.3 Å². The number of alkyl halides is 3. The SMILES string of the molecule is CN1CCC[C@H](Nc2nnc(-c3ccc(C(F)(F)F)cc3O)c3ccncc23)C1=O. The molecule has 1 aromatic carbocycles. The van der Waals surface area contributed by atoms with E-state index in [1.165, 1.54) is 12.4 Å². The van der Waals surface area contributed by atoms with Gasteiger partial charge < -0.3 is 15.3 Å². The highest BCUT2D eigenvalue weighted by molar-refractivity contribution is 6.01. The van der Waals surface area contributed by atoms with Crippen molar-refractivity contribution < 1.29 is 23.1 Å². The van der Waals surface area contributed by atoms with Crippen molar-refractivity contribution in [2.45, 2.75) is 25.1 Å². The van der Waals surface area contributed by atoms with Crippen molar-refractivity contribution >= 4 is 22.5 Å². The molecule has 1 aliphatic rings. The van der Waals surface area contributed by atoms with Crippen LogP contribution in [0.4, 0.5) is 19.0 Å². The van der Waals surface area contributed by atoms with Crippen molar-refractivity contribution in [3.63, 3.8) is 0 Å². The molecule has 30 heavy (non-hydrogen) atoms. The number of aromatic hydroxyl groups is 1. The number of likely N-dealkylation sites (N-methyl/N-ethyl adjacent to an activating group) is 1. The molecule has 3 heterocycles. The number of carbonyl (C=O) groups is 1. The van der Waals surface area contributed by atoms with E-state index in [2.05, 4.69) is 20.5 Å². The minimum atomic E-state index is -4.57. The fourth-order valence-corrected chi connectivity index (χ4v) is 3.54. The molecule has 1 saturated heterocycles. The first-order chi connectivity index (χ1) is 14.3. The van der Waals surface area contributed by atoms with Gasteiger partial charge in [0.25, 0.3) is 0 Å². The first-order valence-electron chi connectivity index (χ1n) is 9.28. The summed E-state index contributed by atoms with van der Waals surface area (Å²) in [5, 5.41) is 22.7. The Morgan fingerprint density at radius 1 is 1.20 bits per heavy atom. The number of pyridine rings is 1. The van der Waals surface area contributed by atoms with E-state index in [0.29, 0.717) is 35.6 Å². The number of nitrogens with one attached hydrogen (secondary N) is 1. The maximum Gasteiger partial charge on any atom is 0.416 e. The summed E-state index contributed by atoms with van der Waals surface area (Å²) < 4.78 is 38.7. The maximum atomic E-state index is 12.9. The molecule has 1 amide bonds. The second-order valence-corrected chi connectivity index (χ2v) is 7.15. The Labute approximate surface area is 169 Å². The van der Waals surface area contributed by atoms with Gasteiger partial charge in [0.05, 0.1) is 5.56 Å². The van der Waals surface area contributed by atoms with E-state index in [9.17, 15) is 23.1 Å². The van der Waals surface area contributed by atoms with Gasteiger partial charge in [0.2, 0.25) is 5.91 Å². The first-order valence-corrected chi connectivity index (χ1v) is 9.28.